The molecule has 0 radical (unpaired) electrons. The largest absolute Gasteiger partial charge is 0.508 e. The number of aromatic hydroxyl groups is 2. The molecule has 0 fully saturated rings. The third-order valence-electron chi connectivity index (χ3n) is 4.94. The van der Waals surface area contributed by atoms with Gasteiger partial charge in [0.25, 0.3) is 0 Å². The van der Waals surface area contributed by atoms with Gasteiger partial charge in [-0.15, -0.1) is 0 Å². The van der Waals surface area contributed by atoms with Gasteiger partial charge < -0.3 is 20.3 Å². The highest BCUT2D eigenvalue weighted by Crippen LogP contribution is 2.36. The molecule has 1 aromatic heterocycles. The number of hydrogen-bond acceptors (Lipinski definition) is 6. The molecule has 6 heteroatoms. The molecule has 0 bridgehead atoms. The second-order valence-electron chi connectivity index (χ2n) is 6.92. The quantitative estimate of drug-likeness (QED) is 0.453. The molecule has 3 N–H and O–H groups in total. The van der Waals surface area contributed by atoms with Crippen molar-refractivity contribution in [3.8, 4) is 28.4 Å². The number of aromatic nitrogens is 2. The Morgan fingerprint density at radius 3 is 2.45 bits per heavy atom. The van der Waals surface area contributed by atoms with Crippen LogP contribution in [0.5, 0.6) is 17.2 Å². The smallest absolute Gasteiger partial charge is 0.161 e. The van der Waals surface area contributed by atoms with E-state index in [9.17, 15) is 10.2 Å². The first-order chi connectivity index (χ1) is 14.0. The zero-order chi connectivity index (χ0) is 20.5. The topological polar surface area (TPSA) is 87.5 Å². The maximum atomic E-state index is 9.99. The highest BCUT2D eigenvalue weighted by molar-refractivity contribution is 5.95. The van der Waals surface area contributed by atoms with E-state index in [1.807, 2.05) is 44.2 Å². The van der Waals surface area contributed by atoms with Crippen LogP contribution in [0.4, 0.5) is 11.5 Å². The number of nitrogens with zero attached hydrogens (tertiary/aromatic N) is 2. The highest BCUT2D eigenvalue weighted by Gasteiger charge is 2.12. The summed E-state index contributed by atoms with van der Waals surface area (Å²) < 4.78 is 5.25. The van der Waals surface area contributed by atoms with Gasteiger partial charge in [0.05, 0.1) is 12.6 Å². The van der Waals surface area contributed by atoms with Crippen LogP contribution >= 0.6 is 0 Å². The number of anilines is 2. The Hall–Kier alpha value is -3.80. The summed E-state index contributed by atoms with van der Waals surface area (Å²) >= 11 is 0. The number of methoxy groups -OCH3 is 1. The van der Waals surface area contributed by atoms with Gasteiger partial charge in [-0.3, -0.25) is 0 Å². The minimum Gasteiger partial charge on any atom is -0.508 e. The number of phenols is 2. The summed E-state index contributed by atoms with van der Waals surface area (Å²) in [5.74, 6) is 1.38. The molecule has 29 heavy (non-hydrogen) atoms. The van der Waals surface area contributed by atoms with Gasteiger partial charge in [-0.1, -0.05) is 12.1 Å². The average Bonchev–Trinajstić information content (AvgIpc) is 2.71. The minimum atomic E-state index is 0.0968. The number of aryl methyl sites for hydroxylation is 2. The standard InChI is InChI=1S/C23H21N3O3/c1-13-4-6-16(10-21(13)28)26-23-18-11-17(14(2)8-19(18)24-12-25-23)15-5-7-20(27)22(9-15)29-3/h4-12,27-28H,1-3H3,(H,24,25,26). The predicted octanol–water partition coefficient (Wildman–Crippen LogP) is 5.08. The van der Waals surface area contributed by atoms with Crippen molar-refractivity contribution in [3.63, 3.8) is 0 Å². The number of benzene rings is 3. The summed E-state index contributed by atoms with van der Waals surface area (Å²) in [7, 11) is 1.53. The highest BCUT2D eigenvalue weighted by atomic mass is 16.5. The monoisotopic (exact) mass is 387 g/mol. The van der Waals surface area contributed by atoms with E-state index >= 15 is 0 Å². The van der Waals surface area contributed by atoms with E-state index in [1.165, 1.54) is 13.4 Å². The molecule has 0 amide bonds. The van der Waals surface area contributed by atoms with E-state index in [4.69, 9.17) is 4.74 Å². The minimum absolute atomic E-state index is 0.0968. The zero-order valence-electron chi connectivity index (χ0n) is 16.4. The second-order valence-corrected chi connectivity index (χ2v) is 6.92. The first-order valence-electron chi connectivity index (χ1n) is 9.15. The Bertz CT molecular complexity index is 1220. The Morgan fingerprint density at radius 1 is 0.862 bits per heavy atom. The SMILES string of the molecule is COc1cc(-c2cc3c(Nc4ccc(C)c(O)c4)ncnc3cc2C)ccc1O. The number of phenolic OH excluding ortho intramolecular Hbond substituents is 2. The van der Waals surface area contributed by atoms with Crippen molar-refractivity contribution in [1.29, 1.82) is 0 Å². The van der Waals surface area contributed by atoms with Gasteiger partial charge in [-0.25, -0.2) is 9.97 Å². The molecule has 0 aliphatic carbocycles. The molecule has 0 atom stereocenters. The Kier molecular flexibility index (Phi) is 4.68. The first kappa shape index (κ1) is 18.6. The number of ether oxygens (including phenoxy) is 1. The number of fused-ring (bicyclic) bond motifs is 1. The molecule has 146 valence electrons. The number of hydrogen-bond donors (Lipinski definition) is 3. The van der Waals surface area contributed by atoms with E-state index in [0.717, 1.165) is 38.8 Å². The van der Waals surface area contributed by atoms with Gasteiger partial charge in [-0.2, -0.15) is 0 Å². The van der Waals surface area contributed by atoms with Crippen LogP contribution in [0.3, 0.4) is 0 Å². The van der Waals surface area contributed by atoms with Gasteiger partial charge >= 0.3 is 0 Å². The maximum Gasteiger partial charge on any atom is 0.161 e. The van der Waals surface area contributed by atoms with Crippen LogP contribution in [0.15, 0.2) is 54.9 Å². The average molecular weight is 387 g/mol. The van der Waals surface area contributed by atoms with Crippen LogP contribution in [0.2, 0.25) is 0 Å². The molecule has 0 unspecified atom stereocenters. The maximum absolute atomic E-state index is 9.99. The van der Waals surface area contributed by atoms with Gasteiger partial charge in [0, 0.05) is 17.1 Å². The Labute approximate surface area is 168 Å². The lowest BCUT2D eigenvalue weighted by Gasteiger charge is -2.13. The molecule has 0 saturated heterocycles. The summed E-state index contributed by atoms with van der Waals surface area (Å²) in [4.78, 5) is 8.79. The van der Waals surface area contributed by atoms with Crippen molar-refractivity contribution in [2.75, 3.05) is 12.4 Å². The van der Waals surface area contributed by atoms with Crippen molar-refractivity contribution in [2.24, 2.45) is 0 Å². The lowest BCUT2D eigenvalue weighted by molar-refractivity contribution is 0.373. The van der Waals surface area contributed by atoms with Crippen molar-refractivity contribution < 1.29 is 14.9 Å². The van der Waals surface area contributed by atoms with E-state index in [-0.39, 0.29) is 11.5 Å². The third-order valence-corrected chi connectivity index (χ3v) is 4.94. The Balaban J connectivity index is 1.83. The van der Waals surface area contributed by atoms with Crippen molar-refractivity contribution >= 4 is 22.4 Å². The van der Waals surface area contributed by atoms with Crippen LogP contribution in [0.25, 0.3) is 22.0 Å². The Morgan fingerprint density at radius 2 is 1.69 bits per heavy atom. The summed E-state index contributed by atoms with van der Waals surface area (Å²) in [5, 5.41) is 24.0. The predicted molar refractivity (Wildman–Crippen MR) is 114 cm³/mol. The number of nitrogens with one attached hydrogen (secondary N) is 1. The molecule has 0 aliphatic rings. The van der Waals surface area contributed by atoms with Crippen LogP contribution in [0, 0.1) is 13.8 Å². The summed E-state index contributed by atoms with van der Waals surface area (Å²) in [6.07, 6.45) is 1.52. The van der Waals surface area contributed by atoms with E-state index in [0.29, 0.717) is 11.6 Å². The van der Waals surface area contributed by atoms with Gasteiger partial charge in [0.1, 0.15) is 17.9 Å². The molecule has 0 saturated carbocycles. The molecule has 4 aromatic rings. The molecular weight excluding hydrogens is 366 g/mol. The van der Waals surface area contributed by atoms with Crippen LogP contribution in [-0.2, 0) is 0 Å². The molecular formula is C23H21N3O3. The van der Waals surface area contributed by atoms with Crippen LogP contribution in [0.1, 0.15) is 11.1 Å². The lowest BCUT2D eigenvalue weighted by atomic mass is 9.98. The molecule has 6 nitrogen and oxygen atoms in total. The van der Waals surface area contributed by atoms with Gasteiger partial charge in [0.2, 0.25) is 0 Å². The normalized spacial score (nSPS) is 10.9. The third kappa shape index (κ3) is 3.52. The van der Waals surface area contributed by atoms with Crippen molar-refractivity contribution in [1.82, 2.24) is 9.97 Å². The van der Waals surface area contributed by atoms with Crippen LogP contribution in [-0.4, -0.2) is 27.3 Å². The van der Waals surface area contributed by atoms with E-state index in [1.54, 1.807) is 18.2 Å². The first-order valence-corrected chi connectivity index (χ1v) is 9.15. The van der Waals surface area contributed by atoms with Crippen molar-refractivity contribution in [2.45, 2.75) is 13.8 Å². The molecule has 0 aliphatic heterocycles. The molecule has 1 heterocycles. The molecule has 0 spiro atoms. The number of rotatable bonds is 4. The zero-order valence-corrected chi connectivity index (χ0v) is 16.4. The fourth-order valence-electron chi connectivity index (χ4n) is 3.29. The lowest BCUT2D eigenvalue weighted by Crippen LogP contribution is -1.97. The van der Waals surface area contributed by atoms with Gasteiger partial charge in [0.15, 0.2) is 11.5 Å². The van der Waals surface area contributed by atoms with E-state index in [2.05, 4.69) is 15.3 Å². The summed E-state index contributed by atoms with van der Waals surface area (Å²) in [6.45, 7) is 3.86. The fourth-order valence-corrected chi connectivity index (χ4v) is 3.29. The van der Waals surface area contributed by atoms with Gasteiger partial charge in [-0.05, 0) is 66.4 Å². The molecule has 3 aromatic carbocycles. The van der Waals surface area contributed by atoms with Crippen LogP contribution < -0.4 is 10.1 Å². The molecule has 4 rings (SSSR count). The summed E-state index contributed by atoms with van der Waals surface area (Å²) in [5.41, 5.74) is 5.31. The van der Waals surface area contributed by atoms with E-state index < -0.39 is 0 Å². The summed E-state index contributed by atoms with van der Waals surface area (Å²) in [6, 6.07) is 14.7. The van der Waals surface area contributed by atoms with Crippen molar-refractivity contribution in [3.05, 3.63) is 66.0 Å². The second kappa shape index (κ2) is 7.31. The fraction of sp³-hybridized carbons (Fsp3) is 0.130.